The van der Waals surface area contributed by atoms with Crippen molar-refractivity contribution in [2.45, 2.75) is 53.1 Å². The number of aryl methyl sites for hydroxylation is 1. The molecule has 0 amide bonds. The molecule has 1 rings (SSSR count). The van der Waals surface area contributed by atoms with E-state index in [1.54, 1.807) is 0 Å². The van der Waals surface area contributed by atoms with Gasteiger partial charge in [0.15, 0.2) is 0 Å². The Balaban J connectivity index is 3.10. The predicted octanol–water partition coefficient (Wildman–Crippen LogP) is 2.52. The first kappa shape index (κ1) is 13.9. The van der Waals surface area contributed by atoms with Crippen LogP contribution >= 0.6 is 0 Å². The normalized spacial score (nSPS) is 12.7. The third-order valence-electron chi connectivity index (χ3n) is 2.83. The number of ether oxygens (including phenoxy) is 1. The molecule has 96 valence electrons. The van der Waals surface area contributed by atoms with Gasteiger partial charge in [-0.2, -0.15) is 0 Å². The Morgan fingerprint density at radius 3 is 2.59 bits per heavy atom. The first-order valence-electron chi connectivity index (χ1n) is 6.35. The van der Waals surface area contributed by atoms with E-state index in [4.69, 9.17) is 4.74 Å². The van der Waals surface area contributed by atoms with Crippen molar-refractivity contribution < 1.29 is 4.74 Å². The van der Waals surface area contributed by atoms with Crippen molar-refractivity contribution in [1.29, 1.82) is 0 Å². The van der Waals surface area contributed by atoms with E-state index in [0.29, 0.717) is 18.0 Å². The van der Waals surface area contributed by atoms with Crippen LogP contribution in [0.5, 0.6) is 0 Å². The molecule has 0 saturated heterocycles. The molecule has 0 aliphatic carbocycles. The van der Waals surface area contributed by atoms with E-state index in [-0.39, 0.29) is 11.7 Å². The summed E-state index contributed by atoms with van der Waals surface area (Å²) in [5, 5.41) is 0. The lowest BCUT2D eigenvalue weighted by atomic mass is 10.1. The van der Waals surface area contributed by atoms with Gasteiger partial charge in [0.1, 0.15) is 11.9 Å². The van der Waals surface area contributed by atoms with Crippen molar-refractivity contribution in [1.82, 2.24) is 9.97 Å². The first-order chi connectivity index (χ1) is 8.13. The summed E-state index contributed by atoms with van der Waals surface area (Å²) in [5.41, 5.74) is 1.53. The molecular formula is C13H22N2O2. The lowest BCUT2D eigenvalue weighted by molar-refractivity contribution is 0.0490. The topological polar surface area (TPSA) is 55.0 Å². The predicted molar refractivity (Wildman–Crippen MR) is 68.2 cm³/mol. The van der Waals surface area contributed by atoms with Gasteiger partial charge >= 0.3 is 0 Å². The van der Waals surface area contributed by atoms with Crippen LogP contribution in [-0.2, 0) is 11.2 Å². The quantitative estimate of drug-likeness (QED) is 0.828. The van der Waals surface area contributed by atoms with E-state index in [1.807, 2.05) is 20.8 Å². The molecule has 0 bridgehead atoms. The van der Waals surface area contributed by atoms with Crippen LogP contribution in [-0.4, -0.2) is 16.6 Å². The zero-order valence-corrected chi connectivity index (χ0v) is 11.2. The lowest BCUT2D eigenvalue weighted by Gasteiger charge is -2.16. The summed E-state index contributed by atoms with van der Waals surface area (Å²) in [6, 6.07) is 0. The fourth-order valence-electron chi connectivity index (χ4n) is 1.86. The van der Waals surface area contributed by atoms with Crippen molar-refractivity contribution in [2.24, 2.45) is 0 Å². The number of aromatic nitrogens is 2. The van der Waals surface area contributed by atoms with E-state index < -0.39 is 0 Å². The van der Waals surface area contributed by atoms with Gasteiger partial charge in [0, 0.05) is 12.2 Å². The first-order valence-corrected chi connectivity index (χ1v) is 6.35. The fraction of sp³-hybridized carbons (Fsp3) is 0.692. The minimum Gasteiger partial charge on any atom is -0.371 e. The van der Waals surface area contributed by atoms with Crippen molar-refractivity contribution in [3.05, 3.63) is 27.4 Å². The summed E-state index contributed by atoms with van der Waals surface area (Å²) in [5.74, 6) is 0.668. The molecule has 0 aromatic carbocycles. The molecule has 0 aliphatic rings. The molecule has 4 heteroatoms. The highest BCUT2D eigenvalue weighted by atomic mass is 16.5. The molecule has 1 heterocycles. The molecular weight excluding hydrogens is 216 g/mol. The lowest BCUT2D eigenvalue weighted by Crippen LogP contribution is -2.21. The molecule has 1 atom stereocenters. The number of rotatable bonds is 6. The monoisotopic (exact) mass is 238 g/mol. The molecule has 1 aromatic heterocycles. The van der Waals surface area contributed by atoms with Gasteiger partial charge in [-0.15, -0.1) is 0 Å². The second-order valence-corrected chi connectivity index (χ2v) is 4.11. The number of nitrogens with one attached hydrogen (secondary N) is 1. The molecule has 0 radical (unpaired) electrons. The maximum Gasteiger partial charge on any atom is 0.254 e. The summed E-state index contributed by atoms with van der Waals surface area (Å²) in [6.45, 7) is 8.50. The number of nitrogens with zero attached hydrogens (tertiary/aromatic N) is 1. The number of hydrogen-bond acceptors (Lipinski definition) is 3. The maximum atomic E-state index is 11.8. The Hall–Kier alpha value is -1.16. The number of H-pyrrole nitrogens is 1. The minimum atomic E-state index is -0.0939. The van der Waals surface area contributed by atoms with Gasteiger partial charge in [0.25, 0.3) is 5.56 Å². The molecule has 1 N–H and O–H groups in total. The Labute approximate surface area is 102 Å². The average Bonchev–Trinajstić information content (AvgIpc) is 2.32. The van der Waals surface area contributed by atoms with Crippen molar-refractivity contribution >= 4 is 0 Å². The Morgan fingerprint density at radius 2 is 2.06 bits per heavy atom. The van der Waals surface area contributed by atoms with Gasteiger partial charge in [-0.25, -0.2) is 4.98 Å². The summed E-state index contributed by atoms with van der Waals surface area (Å²) in [7, 11) is 0. The smallest absolute Gasteiger partial charge is 0.254 e. The Bertz CT molecular complexity index is 406. The minimum absolute atomic E-state index is 0.0485. The average molecular weight is 238 g/mol. The van der Waals surface area contributed by atoms with Crippen LogP contribution in [0.2, 0.25) is 0 Å². The van der Waals surface area contributed by atoms with E-state index in [0.717, 1.165) is 25.0 Å². The molecule has 4 nitrogen and oxygen atoms in total. The largest absolute Gasteiger partial charge is 0.371 e. The number of aromatic amines is 1. The van der Waals surface area contributed by atoms with Crippen LogP contribution < -0.4 is 5.56 Å². The van der Waals surface area contributed by atoms with Gasteiger partial charge in [-0.1, -0.05) is 20.3 Å². The summed E-state index contributed by atoms with van der Waals surface area (Å²) < 4.78 is 5.63. The third kappa shape index (κ3) is 3.40. The second-order valence-electron chi connectivity index (χ2n) is 4.11. The third-order valence-corrected chi connectivity index (χ3v) is 2.83. The van der Waals surface area contributed by atoms with E-state index in [9.17, 15) is 4.79 Å². The van der Waals surface area contributed by atoms with Crippen LogP contribution in [0.1, 0.15) is 56.8 Å². The van der Waals surface area contributed by atoms with E-state index in [2.05, 4.69) is 16.9 Å². The van der Waals surface area contributed by atoms with Gasteiger partial charge in [0.05, 0.1) is 5.69 Å². The van der Waals surface area contributed by atoms with E-state index in [1.165, 1.54) is 0 Å². The van der Waals surface area contributed by atoms with Crippen LogP contribution in [0.3, 0.4) is 0 Å². The highest BCUT2D eigenvalue weighted by molar-refractivity contribution is 5.16. The van der Waals surface area contributed by atoms with E-state index >= 15 is 0 Å². The molecule has 0 spiro atoms. The van der Waals surface area contributed by atoms with Crippen LogP contribution in [0.25, 0.3) is 0 Å². The fourth-order valence-corrected chi connectivity index (χ4v) is 1.86. The SMILES string of the molecule is CCCC(OCC)c1nc(CC)c(C)c(=O)[nH]1. The van der Waals surface area contributed by atoms with Crippen LogP contribution in [0.15, 0.2) is 4.79 Å². The van der Waals surface area contributed by atoms with Crippen molar-refractivity contribution in [3.8, 4) is 0 Å². The second kappa shape index (κ2) is 6.55. The maximum absolute atomic E-state index is 11.8. The Morgan fingerprint density at radius 1 is 1.35 bits per heavy atom. The van der Waals surface area contributed by atoms with Crippen molar-refractivity contribution in [2.75, 3.05) is 6.61 Å². The summed E-state index contributed by atoms with van der Waals surface area (Å²) in [4.78, 5) is 19.1. The standard InChI is InChI=1S/C13H22N2O2/c1-5-8-11(17-7-3)12-14-10(6-2)9(4)13(16)15-12/h11H,5-8H2,1-4H3,(H,14,15,16). The van der Waals surface area contributed by atoms with Crippen LogP contribution in [0.4, 0.5) is 0 Å². The van der Waals surface area contributed by atoms with Gasteiger partial charge in [-0.05, 0) is 26.7 Å². The van der Waals surface area contributed by atoms with Crippen molar-refractivity contribution in [3.63, 3.8) is 0 Å². The molecule has 1 unspecified atom stereocenters. The van der Waals surface area contributed by atoms with Gasteiger partial charge in [0.2, 0.25) is 0 Å². The highest BCUT2D eigenvalue weighted by Crippen LogP contribution is 2.19. The molecule has 0 aliphatic heterocycles. The molecule has 0 fully saturated rings. The highest BCUT2D eigenvalue weighted by Gasteiger charge is 2.15. The van der Waals surface area contributed by atoms with Gasteiger partial charge < -0.3 is 9.72 Å². The summed E-state index contributed by atoms with van der Waals surface area (Å²) >= 11 is 0. The molecule has 0 saturated carbocycles. The van der Waals surface area contributed by atoms with Gasteiger partial charge in [-0.3, -0.25) is 4.79 Å². The zero-order chi connectivity index (χ0) is 12.8. The number of hydrogen-bond donors (Lipinski definition) is 1. The Kier molecular flexibility index (Phi) is 5.35. The zero-order valence-electron chi connectivity index (χ0n) is 11.2. The van der Waals surface area contributed by atoms with Crippen LogP contribution in [0, 0.1) is 6.92 Å². The summed E-state index contributed by atoms with van der Waals surface area (Å²) in [6.07, 6.45) is 2.56. The molecule has 1 aromatic rings. The molecule has 17 heavy (non-hydrogen) atoms.